The standard InChI is InChI=1S/C16H26N2O4/c1-21-7-5-16(12-19)4-3-6-18(11-16)10-13-8-14(20)15(22-2)9-17-13/h8-9,19H,3-7,10-12H2,1-2H3,(H,17,20)/t16-/m0/s1. The maximum absolute atomic E-state index is 11.8. The fraction of sp³-hybridized carbons (Fsp3) is 0.688. The van der Waals surface area contributed by atoms with Crippen molar-refractivity contribution in [2.75, 3.05) is 40.5 Å². The first-order chi connectivity index (χ1) is 10.6. The van der Waals surface area contributed by atoms with Crippen LogP contribution in [0, 0.1) is 5.41 Å². The second-order valence-electron chi connectivity index (χ2n) is 6.11. The first-order valence-electron chi connectivity index (χ1n) is 7.70. The molecule has 0 saturated carbocycles. The quantitative estimate of drug-likeness (QED) is 0.786. The predicted octanol–water partition coefficient (Wildman–Crippen LogP) is 0.994. The van der Waals surface area contributed by atoms with Crippen molar-refractivity contribution in [2.45, 2.75) is 25.8 Å². The van der Waals surface area contributed by atoms with Gasteiger partial charge in [-0.1, -0.05) is 0 Å². The summed E-state index contributed by atoms with van der Waals surface area (Å²) in [5.41, 5.74) is 0.661. The normalized spacial score (nSPS) is 22.7. The number of piperidine rings is 1. The van der Waals surface area contributed by atoms with Gasteiger partial charge in [0, 0.05) is 50.2 Å². The van der Waals surface area contributed by atoms with E-state index in [1.54, 1.807) is 19.4 Å². The fourth-order valence-corrected chi connectivity index (χ4v) is 3.17. The van der Waals surface area contributed by atoms with Crippen molar-refractivity contribution in [3.05, 3.63) is 28.2 Å². The molecule has 1 saturated heterocycles. The number of aromatic amines is 1. The van der Waals surface area contributed by atoms with Crippen LogP contribution in [-0.4, -0.2) is 55.5 Å². The highest BCUT2D eigenvalue weighted by Gasteiger charge is 2.34. The third-order valence-electron chi connectivity index (χ3n) is 4.46. The zero-order valence-corrected chi connectivity index (χ0v) is 13.4. The van der Waals surface area contributed by atoms with Gasteiger partial charge in [0.2, 0.25) is 5.43 Å². The van der Waals surface area contributed by atoms with E-state index >= 15 is 0 Å². The van der Waals surface area contributed by atoms with Crippen LogP contribution in [0.15, 0.2) is 17.1 Å². The molecule has 1 aliphatic rings. The Balaban J connectivity index is 2.03. The Morgan fingerprint density at radius 1 is 1.45 bits per heavy atom. The van der Waals surface area contributed by atoms with Gasteiger partial charge in [0.25, 0.3) is 0 Å². The van der Waals surface area contributed by atoms with Crippen molar-refractivity contribution in [3.8, 4) is 5.75 Å². The minimum atomic E-state index is -0.110. The van der Waals surface area contributed by atoms with Crippen molar-refractivity contribution < 1.29 is 14.6 Å². The number of hydrogen-bond donors (Lipinski definition) is 2. The zero-order chi connectivity index (χ0) is 16.0. The smallest absolute Gasteiger partial charge is 0.223 e. The van der Waals surface area contributed by atoms with Gasteiger partial charge < -0.3 is 19.6 Å². The molecule has 1 atom stereocenters. The van der Waals surface area contributed by atoms with Crippen LogP contribution in [0.5, 0.6) is 5.75 Å². The predicted molar refractivity (Wildman–Crippen MR) is 84.1 cm³/mol. The number of aromatic nitrogens is 1. The van der Waals surface area contributed by atoms with E-state index in [1.165, 1.54) is 7.11 Å². The molecule has 0 radical (unpaired) electrons. The molecule has 1 aromatic rings. The Labute approximate surface area is 131 Å². The highest BCUT2D eigenvalue weighted by molar-refractivity contribution is 5.20. The van der Waals surface area contributed by atoms with Gasteiger partial charge in [0.05, 0.1) is 13.7 Å². The van der Waals surface area contributed by atoms with Crippen LogP contribution < -0.4 is 10.2 Å². The van der Waals surface area contributed by atoms with E-state index in [0.717, 1.165) is 38.0 Å². The monoisotopic (exact) mass is 310 g/mol. The number of hydrogen-bond acceptors (Lipinski definition) is 5. The number of likely N-dealkylation sites (tertiary alicyclic amines) is 1. The Bertz CT molecular complexity index is 531. The lowest BCUT2D eigenvalue weighted by Crippen LogP contribution is -2.45. The number of aliphatic hydroxyl groups excluding tert-OH is 1. The number of nitrogens with one attached hydrogen (secondary N) is 1. The molecule has 2 rings (SSSR count). The molecule has 2 heterocycles. The lowest BCUT2D eigenvalue weighted by Gasteiger charge is -2.41. The minimum absolute atomic E-state index is 0.0962. The van der Waals surface area contributed by atoms with Crippen LogP contribution in [-0.2, 0) is 11.3 Å². The molecule has 0 aliphatic carbocycles. The average Bonchev–Trinajstić information content (AvgIpc) is 2.53. The summed E-state index contributed by atoms with van der Waals surface area (Å²) in [6, 6.07) is 1.59. The van der Waals surface area contributed by atoms with E-state index in [2.05, 4.69) is 9.88 Å². The SMILES string of the molecule is COCC[C@@]1(CO)CCCN(Cc2cc(=O)c(OC)c[nH]2)C1. The second-order valence-corrected chi connectivity index (χ2v) is 6.11. The molecule has 0 aromatic carbocycles. The first-order valence-corrected chi connectivity index (χ1v) is 7.70. The van der Waals surface area contributed by atoms with Gasteiger partial charge in [-0.05, 0) is 25.8 Å². The molecule has 1 aliphatic heterocycles. The summed E-state index contributed by atoms with van der Waals surface area (Å²) in [4.78, 5) is 17.2. The first kappa shape index (κ1) is 17.0. The molecule has 0 spiro atoms. The van der Waals surface area contributed by atoms with Gasteiger partial charge in [0.1, 0.15) is 0 Å². The molecular formula is C16H26N2O4. The molecule has 2 N–H and O–H groups in total. The largest absolute Gasteiger partial charge is 0.491 e. The summed E-state index contributed by atoms with van der Waals surface area (Å²) in [5.74, 6) is 0.326. The number of ether oxygens (including phenoxy) is 2. The van der Waals surface area contributed by atoms with Gasteiger partial charge >= 0.3 is 0 Å². The van der Waals surface area contributed by atoms with Gasteiger partial charge in [0.15, 0.2) is 5.75 Å². The van der Waals surface area contributed by atoms with Crippen molar-refractivity contribution >= 4 is 0 Å². The van der Waals surface area contributed by atoms with Crippen LogP contribution >= 0.6 is 0 Å². The van der Waals surface area contributed by atoms with Crippen molar-refractivity contribution in [3.63, 3.8) is 0 Å². The van der Waals surface area contributed by atoms with E-state index < -0.39 is 0 Å². The van der Waals surface area contributed by atoms with Crippen molar-refractivity contribution in [1.82, 2.24) is 9.88 Å². The number of nitrogens with zero attached hydrogens (tertiary/aromatic N) is 1. The number of methoxy groups -OCH3 is 2. The Morgan fingerprint density at radius 2 is 2.27 bits per heavy atom. The highest BCUT2D eigenvalue weighted by atomic mass is 16.5. The van der Waals surface area contributed by atoms with Crippen LogP contribution in [0.4, 0.5) is 0 Å². The Morgan fingerprint density at radius 3 is 2.91 bits per heavy atom. The Kier molecular flexibility index (Phi) is 5.99. The maximum atomic E-state index is 11.8. The van der Waals surface area contributed by atoms with Gasteiger partial charge in [-0.2, -0.15) is 0 Å². The molecule has 124 valence electrons. The molecule has 22 heavy (non-hydrogen) atoms. The van der Waals surface area contributed by atoms with Gasteiger partial charge in [-0.15, -0.1) is 0 Å². The summed E-state index contributed by atoms with van der Waals surface area (Å²) in [6.07, 6.45) is 4.52. The summed E-state index contributed by atoms with van der Waals surface area (Å²) in [5, 5.41) is 9.81. The molecule has 1 aromatic heterocycles. The molecular weight excluding hydrogens is 284 g/mol. The van der Waals surface area contributed by atoms with E-state index in [4.69, 9.17) is 9.47 Å². The second kappa shape index (κ2) is 7.76. The highest BCUT2D eigenvalue weighted by Crippen LogP contribution is 2.33. The molecule has 6 heteroatoms. The number of aliphatic hydroxyl groups is 1. The number of rotatable bonds is 7. The lowest BCUT2D eigenvalue weighted by atomic mass is 9.78. The summed E-state index contributed by atoms with van der Waals surface area (Å²) in [6.45, 7) is 3.30. The zero-order valence-electron chi connectivity index (χ0n) is 13.4. The lowest BCUT2D eigenvalue weighted by molar-refractivity contribution is 0.00436. The van der Waals surface area contributed by atoms with E-state index in [0.29, 0.717) is 18.9 Å². The van der Waals surface area contributed by atoms with Crippen LogP contribution in [0.1, 0.15) is 25.0 Å². The maximum Gasteiger partial charge on any atom is 0.223 e. The van der Waals surface area contributed by atoms with Crippen molar-refractivity contribution in [2.24, 2.45) is 5.41 Å². The van der Waals surface area contributed by atoms with E-state index in [1.807, 2.05) is 0 Å². The molecule has 6 nitrogen and oxygen atoms in total. The van der Waals surface area contributed by atoms with Gasteiger partial charge in [-0.3, -0.25) is 9.69 Å². The Hall–Kier alpha value is -1.37. The molecule has 0 bridgehead atoms. The van der Waals surface area contributed by atoms with E-state index in [9.17, 15) is 9.90 Å². The third-order valence-corrected chi connectivity index (χ3v) is 4.46. The van der Waals surface area contributed by atoms with Crippen molar-refractivity contribution in [1.29, 1.82) is 0 Å². The van der Waals surface area contributed by atoms with Crippen LogP contribution in [0.25, 0.3) is 0 Å². The minimum Gasteiger partial charge on any atom is -0.491 e. The van der Waals surface area contributed by atoms with Crippen LogP contribution in [0.3, 0.4) is 0 Å². The number of pyridine rings is 1. The van der Waals surface area contributed by atoms with Crippen LogP contribution in [0.2, 0.25) is 0 Å². The molecule has 0 amide bonds. The summed E-state index contributed by atoms with van der Waals surface area (Å²) < 4.78 is 10.2. The summed E-state index contributed by atoms with van der Waals surface area (Å²) in [7, 11) is 3.17. The fourth-order valence-electron chi connectivity index (χ4n) is 3.17. The van der Waals surface area contributed by atoms with Gasteiger partial charge in [-0.25, -0.2) is 0 Å². The topological polar surface area (TPSA) is 74.8 Å². The molecule has 0 unspecified atom stereocenters. The number of H-pyrrole nitrogens is 1. The molecule has 1 fully saturated rings. The average molecular weight is 310 g/mol. The summed E-state index contributed by atoms with van der Waals surface area (Å²) >= 11 is 0. The van der Waals surface area contributed by atoms with E-state index in [-0.39, 0.29) is 17.5 Å². The third kappa shape index (κ3) is 4.09.